The first-order valence-electron chi connectivity index (χ1n) is 5.35. The van der Waals surface area contributed by atoms with E-state index in [1.165, 1.54) is 0 Å². The van der Waals surface area contributed by atoms with Crippen molar-refractivity contribution in [1.29, 1.82) is 0 Å². The van der Waals surface area contributed by atoms with Gasteiger partial charge in [0.2, 0.25) is 5.91 Å². The molecule has 1 amide bonds. The van der Waals surface area contributed by atoms with Crippen molar-refractivity contribution in [3.8, 4) is 0 Å². The summed E-state index contributed by atoms with van der Waals surface area (Å²) in [6.45, 7) is 7.44. The van der Waals surface area contributed by atoms with Gasteiger partial charge in [0.05, 0.1) is 0 Å². The molecule has 0 bridgehead atoms. The zero-order chi connectivity index (χ0) is 11.2. The van der Waals surface area contributed by atoms with Gasteiger partial charge in [0.15, 0.2) is 0 Å². The van der Waals surface area contributed by atoms with E-state index in [1.807, 2.05) is 32.7 Å². The maximum Gasteiger partial charge on any atom is 0.227 e. The second-order valence-electron chi connectivity index (χ2n) is 4.83. The third kappa shape index (κ3) is 5.22. The van der Waals surface area contributed by atoms with E-state index >= 15 is 0 Å². The Morgan fingerprint density at radius 2 is 1.79 bits per heavy atom. The molecule has 14 heavy (non-hydrogen) atoms. The SMILES string of the molecule is CN(CCCCCN)C(=O)C(C)(C)C. The van der Waals surface area contributed by atoms with Crippen LogP contribution in [0.4, 0.5) is 0 Å². The summed E-state index contributed by atoms with van der Waals surface area (Å²) in [5, 5.41) is 0. The summed E-state index contributed by atoms with van der Waals surface area (Å²) < 4.78 is 0. The molecule has 0 aromatic heterocycles. The molecule has 0 saturated carbocycles. The van der Waals surface area contributed by atoms with Crippen LogP contribution in [0.15, 0.2) is 0 Å². The Hall–Kier alpha value is -0.570. The molecule has 0 unspecified atom stereocenters. The number of amides is 1. The molecule has 3 nitrogen and oxygen atoms in total. The van der Waals surface area contributed by atoms with E-state index in [-0.39, 0.29) is 11.3 Å². The molecule has 0 aromatic rings. The molecular formula is C11H24N2O. The number of rotatable bonds is 5. The van der Waals surface area contributed by atoms with Gasteiger partial charge in [-0.1, -0.05) is 27.2 Å². The largest absolute Gasteiger partial charge is 0.345 e. The molecule has 2 N–H and O–H groups in total. The van der Waals surface area contributed by atoms with Gasteiger partial charge in [0.25, 0.3) is 0 Å². The summed E-state index contributed by atoms with van der Waals surface area (Å²) in [4.78, 5) is 13.5. The highest BCUT2D eigenvalue weighted by molar-refractivity contribution is 5.81. The summed E-state index contributed by atoms with van der Waals surface area (Å²) in [5.74, 6) is 0.213. The number of unbranched alkanes of at least 4 members (excludes halogenated alkanes) is 2. The fourth-order valence-corrected chi connectivity index (χ4v) is 1.34. The van der Waals surface area contributed by atoms with E-state index in [1.54, 1.807) is 0 Å². The summed E-state index contributed by atoms with van der Waals surface area (Å²) in [5.41, 5.74) is 5.13. The van der Waals surface area contributed by atoms with Crippen LogP contribution in [0.1, 0.15) is 40.0 Å². The molecule has 0 aliphatic heterocycles. The van der Waals surface area contributed by atoms with E-state index in [2.05, 4.69) is 0 Å². The number of nitrogens with two attached hydrogens (primary N) is 1. The molecule has 0 fully saturated rings. The minimum Gasteiger partial charge on any atom is -0.345 e. The molecule has 0 spiro atoms. The highest BCUT2D eigenvalue weighted by Crippen LogP contribution is 2.16. The fraction of sp³-hybridized carbons (Fsp3) is 0.909. The first-order chi connectivity index (χ1) is 6.39. The molecule has 0 aliphatic rings. The molecule has 0 saturated heterocycles. The summed E-state index contributed by atoms with van der Waals surface area (Å²) in [6, 6.07) is 0. The lowest BCUT2D eigenvalue weighted by Gasteiger charge is -2.25. The Morgan fingerprint density at radius 3 is 2.21 bits per heavy atom. The van der Waals surface area contributed by atoms with Gasteiger partial charge in [-0.25, -0.2) is 0 Å². The van der Waals surface area contributed by atoms with Crippen molar-refractivity contribution in [2.75, 3.05) is 20.1 Å². The van der Waals surface area contributed by atoms with Crippen molar-refractivity contribution in [3.63, 3.8) is 0 Å². The molecule has 0 aromatic carbocycles. The van der Waals surface area contributed by atoms with E-state index in [4.69, 9.17) is 5.73 Å². The molecule has 0 aliphatic carbocycles. The zero-order valence-corrected chi connectivity index (χ0v) is 9.97. The van der Waals surface area contributed by atoms with E-state index in [9.17, 15) is 4.79 Å². The van der Waals surface area contributed by atoms with Crippen LogP contribution in [0.3, 0.4) is 0 Å². The van der Waals surface area contributed by atoms with Gasteiger partial charge >= 0.3 is 0 Å². The van der Waals surface area contributed by atoms with Crippen LogP contribution in [-0.2, 0) is 4.79 Å². The summed E-state index contributed by atoms with van der Waals surface area (Å²) in [7, 11) is 1.87. The maximum atomic E-state index is 11.7. The van der Waals surface area contributed by atoms with Gasteiger partial charge < -0.3 is 10.6 Å². The topological polar surface area (TPSA) is 46.3 Å². The van der Waals surface area contributed by atoms with E-state index in [0.717, 1.165) is 32.4 Å². The van der Waals surface area contributed by atoms with Crippen LogP contribution < -0.4 is 5.73 Å². The normalized spacial score (nSPS) is 11.5. The third-order valence-corrected chi connectivity index (χ3v) is 2.19. The van der Waals surface area contributed by atoms with Gasteiger partial charge in [-0.3, -0.25) is 4.79 Å². The lowest BCUT2D eigenvalue weighted by molar-refractivity contribution is -0.138. The van der Waals surface area contributed by atoms with Gasteiger partial charge in [-0.05, 0) is 19.4 Å². The Bertz CT molecular complexity index is 173. The van der Waals surface area contributed by atoms with Crippen molar-refractivity contribution in [1.82, 2.24) is 4.90 Å². The van der Waals surface area contributed by atoms with Crippen LogP contribution in [0.5, 0.6) is 0 Å². The highest BCUT2D eigenvalue weighted by atomic mass is 16.2. The summed E-state index contributed by atoms with van der Waals surface area (Å²) in [6.07, 6.45) is 3.21. The van der Waals surface area contributed by atoms with Gasteiger partial charge in [-0.2, -0.15) is 0 Å². The number of hydrogen-bond donors (Lipinski definition) is 1. The Balaban J connectivity index is 3.74. The number of hydrogen-bond acceptors (Lipinski definition) is 2. The van der Waals surface area contributed by atoms with Gasteiger partial charge in [-0.15, -0.1) is 0 Å². The van der Waals surface area contributed by atoms with Crippen molar-refractivity contribution in [3.05, 3.63) is 0 Å². The van der Waals surface area contributed by atoms with Gasteiger partial charge in [0.1, 0.15) is 0 Å². The lowest BCUT2D eigenvalue weighted by atomic mass is 9.95. The van der Waals surface area contributed by atoms with E-state index in [0.29, 0.717) is 0 Å². The Labute approximate surface area is 87.6 Å². The predicted molar refractivity (Wildman–Crippen MR) is 60.0 cm³/mol. The number of nitrogens with zero attached hydrogens (tertiary/aromatic N) is 1. The monoisotopic (exact) mass is 200 g/mol. The van der Waals surface area contributed by atoms with Crippen molar-refractivity contribution in [2.45, 2.75) is 40.0 Å². The average molecular weight is 200 g/mol. The fourth-order valence-electron chi connectivity index (χ4n) is 1.34. The quantitative estimate of drug-likeness (QED) is 0.685. The van der Waals surface area contributed by atoms with E-state index < -0.39 is 0 Å². The van der Waals surface area contributed by atoms with Crippen LogP contribution >= 0.6 is 0 Å². The molecule has 0 radical (unpaired) electrons. The van der Waals surface area contributed by atoms with Crippen LogP contribution in [-0.4, -0.2) is 30.9 Å². The van der Waals surface area contributed by atoms with Crippen molar-refractivity contribution < 1.29 is 4.79 Å². The molecular weight excluding hydrogens is 176 g/mol. The maximum absolute atomic E-state index is 11.7. The Kier molecular flexibility index (Phi) is 5.77. The Morgan fingerprint density at radius 1 is 1.21 bits per heavy atom. The van der Waals surface area contributed by atoms with Crippen LogP contribution in [0.25, 0.3) is 0 Å². The van der Waals surface area contributed by atoms with Gasteiger partial charge in [0, 0.05) is 19.0 Å². The second kappa shape index (κ2) is 6.02. The average Bonchev–Trinajstić information content (AvgIpc) is 2.09. The van der Waals surface area contributed by atoms with Crippen LogP contribution in [0, 0.1) is 5.41 Å². The minimum atomic E-state index is -0.261. The van der Waals surface area contributed by atoms with Crippen molar-refractivity contribution >= 4 is 5.91 Å². The standard InChI is InChI=1S/C11H24N2O/c1-11(2,3)10(14)13(4)9-7-5-6-8-12/h5-9,12H2,1-4H3. The second-order valence-corrected chi connectivity index (χ2v) is 4.83. The molecule has 0 rings (SSSR count). The van der Waals surface area contributed by atoms with Crippen molar-refractivity contribution in [2.24, 2.45) is 11.1 Å². The highest BCUT2D eigenvalue weighted by Gasteiger charge is 2.24. The summed E-state index contributed by atoms with van der Waals surface area (Å²) >= 11 is 0. The lowest BCUT2D eigenvalue weighted by Crippen LogP contribution is -2.37. The van der Waals surface area contributed by atoms with Crippen LogP contribution in [0.2, 0.25) is 0 Å². The number of carbonyl (C=O) groups is 1. The molecule has 0 atom stereocenters. The molecule has 0 heterocycles. The third-order valence-electron chi connectivity index (χ3n) is 2.19. The zero-order valence-electron chi connectivity index (χ0n) is 9.97. The predicted octanol–water partition coefficient (Wildman–Crippen LogP) is 1.62. The first-order valence-corrected chi connectivity index (χ1v) is 5.35. The molecule has 84 valence electrons. The smallest absolute Gasteiger partial charge is 0.227 e. The minimum absolute atomic E-state index is 0.213. The molecule has 3 heteroatoms. The number of carbonyl (C=O) groups excluding carboxylic acids is 1. The first kappa shape index (κ1) is 13.4.